The molecule has 3 aromatic carbocycles. The van der Waals surface area contributed by atoms with Gasteiger partial charge in [-0.3, -0.25) is 4.79 Å². The number of carbonyl (C=O) groups excluding carboxylic acids is 1. The van der Waals surface area contributed by atoms with Crippen molar-refractivity contribution in [2.75, 3.05) is 13.2 Å². The van der Waals surface area contributed by atoms with Gasteiger partial charge in [0.15, 0.2) is 17.5 Å². The SMILES string of the molecule is O=C(Cc1ccc(-c2ccccc2)cc1)N[C@@H]1CCO[C@]12O[C@H](CO)[C@H](O)[C@H](n1cc(-c3cc(F)c(F)c(F)c3)nn1)[C@H]2O. The first-order valence-corrected chi connectivity index (χ1v) is 14.0. The highest BCUT2D eigenvalue weighted by molar-refractivity contribution is 5.79. The van der Waals surface area contributed by atoms with E-state index < -0.39 is 60.2 Å². The summed E-state index contributed by atoms with van der Waals surface area (Å²) < 4.78 is 54.0. The maximum atomic E-state index is 13.8. The summed E-state index contributed by atoms with van der Waals surface area (Å²) in [6.45, 7) is -0.578. The molecule has 1 aromatic heterocycles. The Labute approximate surface area is 249 Å². The second kappa shape index (κ2) is 12.1. The first-order chi connectivity index (χ1) is 21.2. The van der Waals surface area contributed by atoms with E-state index in [4.69, 9.17) is 9.47 Å². The van der Waals surface area contributed by atoms with Crippen molar-refractivity contribution < 1.29 is 42.8 Å². The number of aliphatic hydroxyl groups is 3. The van der Waals surface area contributed by atoms with E-state index in [0.29, 0.717) is 0 Å². The van der Waals surface area contributed by atoms with Crippen LogP contribution < -0.4 is 5.32 Å². The predicted octanol–water partition coefficient (Wildman–Crippen LogP) is 2.53. The van der Waals surface area contributed by atoms with Crippen molar-refractivity contribution >= 4 is 5.91 Å². The van der Waals surface area contributed by atoms with Gasteiger partial charge in [0, 0.05) is 5.56 Å². The van der Waals surface area contributed by atoms with Crippen LogP contribution in [-0.4, -0.2) is 79.6 Å². The largest absolute Gasteiger partial charge is 0.394 e. The summed E-state index contributed by atoms with van der Waals surface area (Å²) in [4.78, 5) is 13.1. The van der Waals surface area contributed by atoms with Gasteiger partial charge < -0.3 is 30.1 Å². The van der Waals surface area contributed by atoms with Crippen molar-refractivity contribution in [2.24, 2.45) is 0 Å². The van der Waals surface area contributed by atoms with E-state index in [-0.39, 0.29) is 36.6 Å². The third-order valence-electron chi connectivity index (χ3n) is 8.06. The number of aromatic nitrogens is 3. The summed E-state index contributed by atoms with van der Waals surface area (Å²) in [5.41, 5.74) is 2.60. The number of carbonyl (C=O) groups is 1. The molecule has 6 rings (SSSR count). The summed E-state index contributed by atoms with van der Waals surface area (Å²) in [6, 6.07) is 16.6. The minimum Gasteiger partial charge on any atom is -0.394 e. The molecule has 2 aliphatic heterocycles. The van der Waals surface area contributed by atoms with Crippen LogP contribution >= 0.6 is 0 Å². The molecular weight excluding hydrogens is 581 g/mol. The Morgan fingerprint density at radius 1 is 1.00 bits per heavy atom. The summed E-state index contributed by atoms with van der Waals surface area (Å²) in [7, 11) is 0. The van der Waals surface area contributed by atoms with Gasteiger partial charge >= 0.3 is 0 Å². The average Bonchev–Trinajstić information content (AvgIpc) is 3.66. The molecule has 0 saturated carbocycles. The zero-order valence-corrected chi connectivity index (χ0v) is 23.2. The third-order valence-corrected chi connectivity index (χ3v) is 8.06. The maximum Gasteiger partial charge on any atom is 0.224 e. The highest BCUT2D eigenvalue weighted by Gasteiger charge is 2.62. The molecule has 0 aliphatic carbocycles. The van der Waals surface area contributed by atoms with Gasteiger partial charge in [0.1, 0.15) is 30.0 Å². The van der Waals surface area contributed by atoms with Gasteiger partial charge in [-0.1, -0.05) is 59.8 Å². The molecule has 1 spiro atoms. The summed E-state index contributed by atoms with van der Waals surface area (Å²) in [6.07, 6.45) is -2.94. The Kier molecular flexibility index (Phi) is 8.22. The molecule has 2 saturated heterocycles. The number of nitrogens with one attached hydrogen (secondary N) is 1. The number of halogens is 3. The molecule has 2 fully saturated rings. The van der Waals surface area contributed by atoms with Crippen molar-refractivity contribution in [3.05, 3.63) is 95.9 Å². The van der Waals surface area contributed by atoms with Crippen molar-refractivity contribution in [1.29, 1.82) is 0 Å². The number of ether oxygens (including phenoxy) is 2. The van der Waals surface area contributed by atoms with Crippen molar-refractivity contribution in [1.82, 2.24) is 20.3 Å². The smallest absolute Gasteiger partial charge is 0.224 e. The van der Waals surface area contributed by atoms with Crippen LogP contribution in [0.15, 0.2) is 72.9 Å². The molecule has 4 aromatic rings. The van der Waals surface area contributed by atoms with Crippen LogP contribution in [0.3, 0.4) is 0 Å². The Morgan fingerprint density at radius 2 is 1.68 bits per heavy atom. The monoisotopic (exact) mass is 610 g/mol. The molecule has 10 nitrogen and oxygen atoms in total. The number of nitrogens with zero attached hydrogens (tertiary/aromatic N) is 3. The van der Waals surface area contributed by atoms with Gasteiger partial charge in [-0.15, -0.1) is 5.10 Å². The standard InChI is InChI=1S/C31H29F3N4O6/c32-21-13-20(14-22(33)27(21)34)23-15-38(37-36-23)28-29(41)24(16-39)44-31(30(28)42)25(10-11-43-31)35-26(40)12-17-6-8-19(9-7-17)18-4-2-1-3-5-18/h1-9,13-15,24-25,28-30,39,41-42H,10-12,16H2,(H,35,40)/t24-,25-,28+,29+,30-,31+/m1/s1. The van der Waals surface area contributed by atoms with Crippen LogP contribution in [0.2, 0.25) is 0 Å². The fourth-order valence-electron chi connectivity index (χ4n) is 5.82. The molecule has 44 heavy (non-hydrogen) atoms. The number of hydrogen-bond donors (Lipinski definition) is 4. The lowest BCUT2D eigenvalue weighted by atomic mass is 9.86. The molecule has 3 heterocycles. The van der Waals surface area contributed by atoms with E-state index in [2.05, 4.69) is 15.6 Å². The zero-order valence-electron chi connectivity index (χ0n) is 23.2. The number of hydrogen-bond acceptors (Lipinski definition) is 8. The zero-order chi connectivity index (χ0) is 31.0. The lowest BCUT2D eigenvalue weighted by molar-refractivity contribution is -0.345. The van der Waals surface area contributed by atoms with Crippen LogP contribution in [0.4, 0.5) is 13.2 Å². The van der Waals surface area contributed by atoms with Crippen molar-refractivity contribution in [2.45, 2.75) is 49.0 Å². The highest BCUT2D eigenvalue weighted by Crippen LogP contribution is 2.43. The predicted molar refractivity (Wildman–Crippen MR) is 149 cm³/mol. The van der Waals surface area contributed by atoms with Gasteiger partial charge in [0.2, 0.25) is 11.7 Å². The first kappa shape index (κ1) is 29.9. The summed E-state index contributed by atoms with van der Waals surface area (Å²) in [5.74, 6) is -6.73. The molecule has 13 heteroatoms. The van der Waals surface area contributed by atoms with Gasteiger partial charge in [-0.2, -0.15) is 0 Å². The van der Waals surface area contributed by atoms with Crippen LogP contribution in [0.25, 0.3) is 22.4 Å². The van der Waals surface area contributed by atoms with E-state index in [1.54, 1.807) is 0 Å². The van der Waals surface area contributed by atoms with E-state index in [9.17, 15) is 33.3 Å². The molecular formula is C31H29F3N4O6. The van der Waals surface area contributed by atoms with E-state index in [1.807, 2.05) is 54.6 Å². The van der Waals surface area contributed by atoms with Gasteiger partial charge in [0.25, 0.3) is 0 Å². The Hall–Kier alpha value is -4.14. The van der Waals surface area contributed by atoms with Crippen LogP contribution in [0.5, 0.6) is 0 Å². The Bertz CT molecular complexity index is 1620. The summed E-state index contributed by atoms with van der Waals surface area (Å²) in [5, 5.41) is 43.3. The fraction of sp³-hybridized carbons (Fsp3) is 0.323. The maximum absolute atomic E-state index is 13.8. The molecule has 0 unspecified atom stereocenters. The topological polar surface area (TPSA) is 139 Å². The second-order valence-corrected chi connectivity index (χ2v) is 10.8. The number of benzene rings is 3. The molecule has 6 atom stereocenters. The van der Waals surface area contributed by atoms with Crippen molar-refractivity contribution in [3.8, 4) is 22.4 Å². The van der Waals surface area contributed by atoms with E-state index >= 15 is 0 Å². The van der Waals surface area contributed by atoms with Crippen molar-refractivity contribution in [3.63, 3.8) is 0 Å². The second-order valence-electron chi connectivity index (χ2n) is 10.8. The number of amides is 1. The molecule has 0 bridgehead atoms. The normalized spacial score (nSPS) is 26.6. The third kappa shape index (κ3) is 5.48. The Balaban J connectivity index is 1.21. The number of aliphatic hydroxyl groups excluding tert-OH is 3. The molecule has 0 radical (unpaired) electrons. The van der Waals surface area contributed by atoms with Gasteiger partial charge in [0.05, 0.1) is 31.9 Å². The lowest BCUT2D eigenvalue weighted by Gasteiger charge is -2.49. The quantitative estimate of drug-likeness (QED) is 0.234. The first-order valence-electron chi connectivity index (χ1n) is 14.0. The summed E-state index contributed by atoms with van der Waals surface area (Å²) >= 11 is 0. The van der Waals surface area contributed by atoms with E-state index in [1.165, 1.54) is 6.20 Å². The van der Waals surface area contributed by atoms with E-state index in [0.717, 1.165) is 33.5 Å². The lowest BCUT2D eigenvalue weighted by Crippen LogP contribution is -2.69. The van der Waals surface area contributed by atoms with Gasteiger partial charge in [-0.25, -0.2) is 17.9 Å². The van der Waals surface area contributed by atoms with Crippen LogP contribution in [0.1, 0.15) is 18.0 Å². The molecule has 1 amide bonds. The molecule has 2 aliphatic rings. The molecule has 230 valence electrons. The Morgan fingerprint density at radius 3 is 2.36 bits per heavy atom. The fourth-order valence-corrected chi connectivity index (χ4v) is 5.82. The minimum atomic E-state index is -1.87. The highest BCUT2D eigenvalue weighted by atomic mass is 19.2. The van der Waals surface area contributed by atoms with Crippen LogP contribution in [-0.2, 0) is 20.7 Å². The number of rotatable bonds is 7. The van der Waals surface area contributed by atoms with Gasteiger partial charge in [-0.05, 0) is 35.2 Å². The molecule has 4 N–H and O–H groups in total. The van der Waals surface area contributed by atoms with Crippen LogP contribution in [0, 0.1) is 17.5 Å². The minimum absolute atomic E-state index is 0.0322. The average molecular weight is 611 g/mol.